The van der Waals surface area contributed by atoms with Crippen LogP contribution < -0.4 is 0 Å². The fourth-order valence-electron chi connectivity index (χ4n) is 2.41. The molecule has 0 aliphatic heterocycles. The summed E-state index contributed by atoms with van der Waals surface area (Å²) in [5, 5.41) is 10.2. The summed E-state index contributed by atoms with van der Waals surface area (Å²) in [7, 11) is 0. The van der Waals surface area contributed by atoms with Crippen LogP contribution in [0.4, 0.5) is 0 Å². The third-order valence-electron chi connectivity index (χ3n) is 3.38. The first kappa shape index (κ1) is 11.4. The highest BCUT2D eigenvalue weighted by atomic mass is 32.1. The third-order valence-corrected chi connectivity index (χ3v) is 4.55. The van der Waals surface area contributed by atoms with E-state index in [4.69, 9.17) is 0 Å². The molecule has 0 radical (unpaired) electrons. The van der Waals surface area contributed by atoms with Gasteiger partial charge >= 0.3 is 5.97 Å². The van der Waals surface area contributed by atoms with Gasteiger partial charge in [-0.25, -0.2) is 4.98 Å². The highest BCUT2D eigenvalue weighted by molar-refractivity contribution is 7.18. The Morgan fingerprint density at radius 2 is 2.06 bits per heavy atom. The summed E-state index contributed by atoms with van der Waals surface area (Å²) in [6.07, 6.45) is 5.41. The zero-order valence-corrected chi connectivity index (χ0v) is 10.6. The van der Waals surface area contributed by atoms with Crippen LogP contribution in [0.2, 0.25) is 0 Å². The maximum absolute atomic E-state index is 11.3. The zero-order chi connectivity index (χ0) is 12.5. The smallest absolute Gasteiger partial charge is 0.307 e. The van der Waals surface area contributed by atoms with Crippen LogP contribution in [0.25, 0.3) is 10.2 Å². The number of para-hydroxylation sites is 1. The molecule has 1 aliphatic rings. The van der Waals surface area contributed by atoms with E-state index in [0.29, 0.717) is 6.42 Å². The molecule has 92 valence electrons. The first-order valence-electron chi connectivity index (χ1n) is 5.99. The largest absolute Gasteiger partial charge is 0.481 e. The zero-order valence-electron chi connectivity index (χ0n) is 9.74. The van der Waals surface area contributed by atoms with Crippen molar-refractivity contribution in [1.82, 2.24) is 4.98 Å². The number of benzene rings is 1. The fraction of sp³-hybridized carbons (Fsp3) is 0.286. The lowest BCUT2D eigenvalue weighted by atomic mass is 9.83. The molecule has 2 unspecified atom stereocenters. The molecule has 1 N–H and O–H groups in total. The van der Waals surface area contributed by atoms with E-state index in [9.17, 15) is 9.90 Å². The van der Waals surface area contributed by atoms with Gasteiger partial charge < -0.3 is 5.11 Å². The van der Waals surface area contributed by atoms with Gasteiger partial charge in [-0.15, -0.1) is 11.3 Å². The molecule has 0 spiro atoms. The molecule has 0 amide bonds. The lowest BCUT2D eigenvalue weighted by Gasteiger charge is -2.22. The number of nitrogens with zero attached hydrogens (tertiary/aromatic N) is 1. The van der Waals surface area contributed by atoms with Crippen molar-refractivity contribution in [3.8, 4) is 0 Å². The number of aliphatic carboxylic acids is 1. The van der Waals surface area contributed by atoms with Crippen molar-refractivity contribution in [2.75, 3.05) is 0 Å². The molecule has 2 atom stereocenters. The van der Waals surface area contributed by atoms with E-state index in [2.05, 4.69) is 11.1 Å². The number of thiazole rings is 1. The Balaban J connectivity index is 2.02. The molecule has 0 fully saturated rings. The van der Waals surface area contributed by atoms with E-state index in [1.807, 2.05) is 30.3 Å². The van der Waals surface area contributed by atoms with Crippen molar-refractivity contribution in [2.45, 2.75) is 18.8 Å². The number of aromatic nitrogens is 1. The van der Waals surface area contributed by atoms with Gasteiger partial charge in [-0.2, -0.15) is 0 Å². The first-order valence-corrected chi connectivity index (χ1v) is 6.80. The monoisotopic (exact) mass is 259 g/mol. The van der Waals surface area contributed by atoms with Crippen LogP contribution in [-0.2, 0) is 4.79 Å². The summed E-state index contributed by atoms with van der Waals surface area (Å²) in [4.78, 5) is 15.9. The van der Waals surface area contributed by atoms with Gasteiger partial charge in [-0.1, -0.05) is 24.3 Å². The lowest BCUT2D eigenvalue weighted by Crippen LogP contribution is -2.23. The molecule has 2 aromatic rings. The van der Waals surface area contributed by atoms with Crippen LogP contribution in [0, 0.1) is 5.92 Å². The summed E-state index contributed by atoms with van der Waals surface area (Å²) in [5.41, 5.74) is 0.969. The van der Waals surface area contributed by atoms with Gasteiger partial charge in [0.2, 0.25) is 0 Å². The van der Waals surface area contributed by atoms with Gasteiger partial charge in [0.1, 0.15) is 0 Å². The minimum absolute atomic E-state index is 0.0184. The molecule has 0 saturated heterocycles. The van der Waals surface area contributed by atoms with Crippen molar-refractivity contribution in [3.05, 3.63) is 41.4 Å². The number of allylic oxidation sites excluding steroid dienone is 2. The van der Waals surface area contributed by atoms with Crippen LogP contribution in [0.5, 0.6) is 0 Å². The average Bonchev–Trinajstić information content (AvgIpc) is 2.82. The third kappa shape index (κ3) is 1.93. The van der Waals surface area contributed by atoms with Gasteiger partial charge in [0.15, 0.2) is 0 Å². The number of fused-ring (bicyclic) bond motifs is 1. The molecule has 18 heavy (non-hydrogen) atoms. The molecule has 1 aromatic carbocycles. The molecule has 1 aromatic heterocycles. The number of carboxylic acids is 1. The summed E-state index contributed by atoms with van der Waals surface area (Å²) in [6.45, 7) is 0. The lowest BCUT2D eigenvalue weighted by molar-refractivity contribution is -0.142. The Bertz CT molecular complexity index is 584. The van der Waals surface area contributed by atoms with Crippen LogP contribution in [0.1, 0.15) is 23.8 Å². The predicted molar refractivity (Wildman–Crippen MR) is 71.9 cm³/mol. The Kier molecular flexibility index (Phi) is 2.88. The minimum atomic E-state index is -0.719. The quantitative estimate of drug-likeness (QED) is 0.841. The van der Waals surface area contributed by atoms with E-state index in [1.165, 1.54) is 0 Å². The van der Waals surface area contributed by atoms with Crippen LogP contribution in [0.15, 0.2) is 36.4 Å². The van der Waals surface area contributed by atoms with Crippen molar-refractivity contribution < 1.29 is 9.90 Å². The Hall–Kier alpha value is -1.68. The highest BCUT2D eigenvalue weighted by Crippen LogP contribution is 2.38. The van der Waals surface area contributed by atoms with E-state index in [-0.39, 0.29) is 11.8 Å². The topological polar surface area (TPSA) is 50.2 Å². The molecule has 3 rings (SSSR count). The summed E-state index contributed by atoms with van der Waals surface area (Å²) < 4.78 is 1.13. The van der Waals surface area contributed by atoms with Gasteiger partial charge in [-0.3, -0.25) is 4.79 Å². The Morgan fingerprint density at radius 3 is 2.83 bits per heavy atom. The normalized spacial score (nSPS) is 23.3. The predicted octanol–water partition coefficient (Wildman–Crippen LogP) is 3.43. The summed E-state index contributed by atoms with van der Waals surface area (Å²) >= 11 is 1.62. The maximum Gasteiger partial charge on any atom is 0.307 e. The number of hydrogen-bond donors (Lipinski definition) is 1. The second kappa shape index (κ2) is 4.53. The standard InChI is InChI=1S/C14H13NO2S/c16-14(17)10-6-2-1-5-9(10)13-15-11-7-3-4-8-12(11)18-13/h1-4,7-10H,5-6H2,(H,16,17). The molecule has 1 aliphatic carbocycles. The summed E-state index contributed by atoms with van der Waals surface area (Å²) in [6, 6.07) is 7.95. The van der Waals surface area contributed by atoms with E-state index >= 15 is 0 Å². The Morgan fingerprint density at radius 1 is 1.28 bits per heavy atom. The highest BCUT2D eigenvalue weighted by Gasteiger charge is 2.31. The van der Waals surface area contributed by atoms with Crippen molar-refractivity contribution in [1.29, 1.82) is 0 Å². The molecule has 4 heteroatoms. The molecular formula is C14H13NO2S. The van der Waals surface area contributed by atoms with Crippen LogP contribution in [0.3, 0.4) is 0 Å². The van der Waals surface area contributed by atoms with Crippen molar-refractivity contribution >= 4 is 27.5 Å². The number of rotatable bonds is 2. The van der Waals surface area contributed by atoms with Gasteiger partial charge in [0, 0.05) is 5.92 Å². The summed E-state index contributed by atoms with van der Waals surface area (Å²) in [5.74, 6) is -1.04. The van der Waals surface area contributed by atoms with E-state index < -0.39 is 5.97 Å². The van der Waals surface area contributed by atoms with E-state index in [0.717, 1.165) is 21.6 Å². The van der Waals surface area contributed by atoms with Gasteiger partial charge in [-0.05, 0) is 25.0 Å². The second-order valence-corrected chi connectivity index (χ2v) is 5.58. The molecule has 0 bridgehead atoms. The molecule has 1 heterocycles. The van der Waals surface area contributed by atoms with Crippen molar-refractivity contribution in [3.63, 3.8) is 0 Å². The van der Waals surface area contributed by atoms with Crippen LogP contribution >= 0.6 is 11.3 Å². The average molecular weight is 259 g/mol. The number of carboxylic acid groups (broad SMARTS) is 1. The number of hydrogen-bond acceptors (Lipinski definition) is 3. The van der Waals surface area contributed by atoms with E-state index in [1.54, 1.807) is 11.3 Å². The van der Waals surface area contributed by atoms with Crippen LogP contribution in [-0.4, -0.2) is 16.1 Å². The molecular weight excluding hydrogens is 246 g/mol. The first-order chi connectivity index (χ1) is 8.75. The molecule has 0 saturated carbocycles. The fourth-order valence-corrected chi connectivity index (χ4v) is 3.55. The van der Waals surface area contributed by atoms with Gasteiger partial charge in [0.25, 0.3) is 0 Å². The van der Waals surface area contributed by atoms with Gasteiger partial charge in [0.05, 0.1) is 21.1 Å². The maximum atomic E-state index is 11.3. The molecule has 3 nitrogen and oxygen atoms in total. The minimum Gasteiger partial charge on any atom is -0.481 e. The number of carbonyl (C=O) groups is 1. The second-order valence-electron chi connectivity index (χ2n) is 4.51. The SMILES string of the molecule is O=C(O)C1CC=CCC1c1nc2ccccc2s1. The van der Waals surface area contributed by atoms with Crippen molar-refractivity contribution in [2.24, 2.45) is 5.92 Å². The Labute approximate surface area is 109 Å².